The topological polar surface area (TPSA) is 59.7 Å². The Morgan fingerprint density at radius 1 is 1.20 bits per heavy atom. The van der Waals surface area contributed by atoms with Gasteiger partial charge < -0.3 is 23.5 Å². The van der Waals surface area contributed by atoms with E-state index < -0.39 is 0 Å². The van der Waals surface area contributed by atoms with Crippen LogP contribution in [0.3, 0.4) is 0 Å². The third kappa shape index (κ3) is 4.57. The van der Waals surface area contributed by atoms with Gasteiger partial charge in [-0.05, 0) is 37.2 Å². The van der Waals surface area contributed by atoms with E-state index in [1.54, 1.807) is 0 Å². The molecule has 0 bridgehead atoms. The number of quaternary nitrogens is 1. The minimum absolute atomic E-state index is 0. The fraction of sp³-hybridized carbons (Fsp3) is 0.667. The van der Waals surface area contributed by atoms with E-state index in [9.17, 15) is 4.79 Å². The summed E-state index contributed by atoms with van der Waals surface area (Å²) < 4.78 is 0. The lowest BCUT2D eigenvalue weighted by Crippen LogP contribution is -3.00. The number of primary amides is 1. The van der Waals surface area contributed by atoms with Crippen LogP contribution in [0.1, 0.15) is 76.0 Å². The van der Waals surface area contributed by atoms with Gasteiger partial charge in [-0.15, -0.1) is 0 Å². The summed E-state index contributed by atoms with van der Waals surface area (Å²) in [5.41, 5.74) is 8.96. The third-order valence-electron chi connectivity index (χ3n) is 6.19. The first-order valence-electron chi connectivity index (χ1n) is 9.74. The highest BCUT2D eigenvalue weighted by atomic mass is 35.5. The molecule has 4 N–H and O–H groups in total. The van der Waals surface area contributed by atoms with Crippen LogP contribution >= 0.6 is 0 Å². The minimum Gasteiger partial charge on any atom is -1.00 e. The van der Waals surface area contributed by atoms with Crippen LogP contribution in [-0.2, 0) is 11.2 Å². The molecular weight excluding hydrogens is 332 g/mol. The normalized spacial score (nSPS) is 22.9. The second kappa shape index (κ2) is 8.55. The van der Waals surface area contributed by atoms with Crippen molar-refractivity contribution in [2.75, 3.05) is 0 Å². The van der Waals surface area contributed by atoms with Gasteiger partial charge in [-0.2, -0.15) is 0 Å². The van der Waals surface area contributed by atoms with E-state index in [0.29, 0.717) is 11.5 Å². The lowest BCUT2D eigenvalue weighted by molar-refractivity contribution is -0.773. The Labute approximate surface area is 158 Å². The minimum atomic E-state index is -0.125. The van der Waals surface area contributed by atoms with Crippen LogP contribution < -0.4 is 23.5 Å². The van der Waals surface area contributed by atoms with Crippen molar-refractivity contribution in [1.29, 1.82) is 0 Å². The van der Waals surface area contributed by atoms with E-state index in [1.807, 2.05) is 0 Å². The van der Waals surface area contributed by atoms with Crippen LogP contribution in [0.4, 0.5) is 0 Å². The number of hydrogen-bond acceptors (Lipinski definition) is 1. The zero-order valence-corrected chi connectivity index (χ0v) is 16.4. The SMILES string of the molecule is CC(C)CCC(C(N)=O)C1[NH2+]C2(CCCCC2)Cc2ccccc21.[Cl-]. The Hall–Kier alpha value is -1.06. The van der Waals surface area contributed by atoms with Crippen LogP contribution in [-0.4, -0.2) is 11.4 Å². The summed E-state index contributed by atoms with van der Waals surface area (Å²) in [6, 6.07) is 8.94. The second-order valence-electron chi connectivity index (χ2n) is 8.47. The van der Waals surface area contributed by atoms with Crippen LogP contribution in [0.5, 0.6) is 0 Å². The molecule has 0 aromatic heterocycles. The molecule has 1 aliphatic carbocycles. The van der Waals surface area contributed by atoms with Gasteiger partial charge in [0, 0.05) is 24.8 Å². The number of hydrogen-bond donors (Lipinski definition) is 2. The molecule has 1 spiro atoms. The Kier molecular flexibility index (Phi) is 6.93. The maximum atomic E-state index is 12.3. The Morgan fingerprint density at radius 2 is 1.88 bits per heavy atom. The number of carbonyl (C=O) groups is 1. The third-order valence-corrected chi connectivity index (χ3v) is 6.19. The number of fused-ring (bicyclic) bond motifs is 1. The summed E-state index contributed by atoms with van der Waals surface area (Å²) in [7, 11) is 0. The molecule has 1 aromatic carbocycles. The van der Waals surface area contributed by atoms with Crippen LogP contribution in [0, 0.1) is 11.8 Å². The van der Waals surface area contributed by atoms with Gasteiger partial charge in [0.1, 0.15) is 11.6 Å². The largest absolute Gasteiger partial charge is 1.00 e. The first-order chi connectivity index (χ1) is 11.5. The summed E-state index contributed by atoms with van der Waals surface area (Å²) in [4.78, 5) is 12.3. The molecule has 3 rings (SSSR count). The van der Waals surface area contributed by atoms with Crippen LogP contribution in [0.2, 0.25) is 0 Å². The Bertz CT molecular complexity index is 581. The molecule has 2 aliphatic rings. The van der Waals surface area contributed by atoms with Crippen molar-refractivity contribution in [2.24, 2.45) is 17.6 Å². The Balaban J connectivity index is 0.00000225. The smallest absolute Gasteiger partial charge is 0.226 e. The first kappa shape index (κ1) is 20.3. The van der Waals surface area contributed by atoms with Crippen molar-refractivity contribution in [3.8, 4) is 0 Å². The first-order valence-corrected chi connectivity index (χ1v) is 9.74. The summed E-state index contributed by atoms with van der Waals surface area (Å²) in [6.45, 7) is 4.44. The molecule has 25 heavy (non-hydrogen) atoms. The second-order valence-corrected chi connectivity index (χ2v) is 8.47. The molecule has 1 heterocycles. The fourth-order valence-corrected chi connectivity index (χ4v) is 4.87. The molecule has 2 unspecified atom stereocenters. The predicted molar refractivity (Wildman–Crippen MR) is 97.4 cm³/mol. The summed E-state index contributed by atoms with van der Waals surface area (Å²) in [5, 5.41) is 2.55. The summed E-state index contributed by atoms with van der Waals surface area (Å²) in [6.07, 6.45) is 9.65. The molecule has 1 aliphatic heterocycles. The van der Waals surface area contributed by atoms with E-state index in [-0.39, 0.29) is 30.3 Å². The van der Waals surface area contributed by atoms with Crippen molar-refractivity contribution in [1.82, 2.24) is 0 Å². The predicted octanol–water partition coefficient (Wildman–Crippen LogP) is 0.0918. The molecule has 140 valence electrons. The maximum absolute atomic E-state index is 12.3. The molecule has 0 radical (unpaired) electrons. The van der Waals surface area contributed by atoms with E-state index in [1.165, 1.54) is 43.2 Å². The molecule has 0 saturated heterocycles. The van der Waals surface area contributed by atoms with Crippen molar-refractivity contribution < 1.29 is 22.5 Å². The standard InChI is InChI=1S/C21H32N2O.ClH/c1-15(2)10-11-18(20(22)24)19-17-9-5-4-8-16(17)14-21(23-19)12-6-3-7-13-21;/h4-5,8-9,15,18-19,23H,3,6-7,10-14H2,1-2H3,(H2,22,24);1H. The van der Waals surface area contributed by atoms with Gasteiger partial charge in [0.2, 0.25) is 5.91 Å². The highest BCUT2D eigenvalue weighted by Crippen LogP contribution is 2.37. The van der Waals surface area contributed by atoms with Gasteiger partial charge in [0.05, 0.1) is 5.92 Å². The van der Waals surface area contributed by atoms with Gasteiger partial charge in [-0.25, -0.2) is 0 Å². The molecular formula is C21H33ClN2O. The van der Waals surface area contributed by atoms with E-state index in [2.05, 4.69) is 43.4 Å². The number of benzene rings is 1. The van der Waals surface area contributed by atoms with Gasteiger partial charge in [-0.3, -0.25) is 4.79 Å². The fourth-order valence-electron chi connectivity index (χ4n) is 4.87. The molecule has 4 heteroatoms. The van der Waals surface area contributed by atoms with Gasteiger partial charge >= 0.3 is 0 Å². The molecule has 2 atom stereocenters. The highest BCUT2D eigenvalue weighted by molar-refractivity contribution is 5.77. The zero-order valence-electron chi connectivity index (χ0n) is 15.6. The van der Waals surface area contributed by atoms with E-state index in [4.69, 9.17) is 5.73 Å². The maximum Gasteiger partial charge on any atom is 0.226 e. The van der Waals surface area contributed by atoms with Crippen LogP contribution in [0.25, 0.3) is 0 Å². The van der Waals surface area contributed by atoms with Crippen molar-refractivity contribution in [3.05, 3.63) is 35.4 Å². The number of carbonyl (C=O) groups excluding carboxylic acids is 1. The molecule has 1 fully saturated rings. The molecule has 1 amide bonds. The van der Waals surface area contributed by atoms with Crippen molar-refractivity contribution in [3.63, 3.8) is 0 Å². The van der Waals surface area contributed by atoms with E-state index >= 15 is 0 Å². The Morgan fingerprint density at radius 3 is 2.52 bits per heavy atom. The number of halogens is 1. The summed E-state index contributed by atoms with van der Waals surface area (Å²) >= 11 is 0. The lowest BCUT2D eigenvalue weighted by atomic mass is 9.70. The number of rotatable bonds is 5. The number of nitrogens with two attached hydrogens (primary N) is 2. The molecule has 1 aromatic rings. The van der Waals surface area contributed by atoms with Crippen molar-refractivity contribution in [2.45, 2.75) is 76.8 Å². The monoisotopic (exact) mass is 364 g/mol. The number of amides is 1. The molecule has 1 saturated carbocycles. The lowest BCUT2D eigenvalue weighted by Gasteiger charge is -2.44. The average molecular weight is 365 g/mol. The van der Waals surface area contributed by atoms with Gasteiger partial charge in [0.15, 0.2) is 0 Å². The van der Waals surface area contributed by atoms with Crippen molar-refractivity contribution >= 4 is 5.91 Å². The highest BCUT2D eigenvalue weighted by Gasteiger charge is 2.46. The van der Waals surface area contributed by atoms with Gasteiger partial charge in [0.25, 0.3) is 0 Å². The quantitative estimate of drug-likeness (QED) is 0.764. The van der Waals surface area contributed by atoms with Gasteiger partial charge in [-0.1, -0.05) is 44.5 Å². The molecule has 3 nitrogen and oxygen atoms in total. The van der Waals surface area contributed by atoms with Crippen LogP contribution in [0.15, 0.2) is 24.3 Å². The summed E-state index contributed by atoms with van der Waals surface area (Å²) in [5.74, 6) is 0.418. The zero-order chi connectivity index (χ0) is 17.2. The average Bonchev–Trinajstić information content (AvgIpc) is 2.55. The van der Waals surface area contributed by atoms with E-state index in [0.717, 1.165) is 19.3 Å².